The number of anilines is 1. The molecule has 1 aliphatic rings. The van der Waals surface area contributed by atoms with Gasteiger partial charge in [-0.1, -0.05) is 6.92 Å². The van der Waals surface area contributed by atoms with Gasteiger partial charge in [0, 0.05) is 19.1 Å². The summed E-state index contributed by atoms with van der Waals surface area (Å²) in [7, 11) is 3.24. The monoisotopic (exact) mass is 370 g/mol. The molecule has 0 radical (unpaired) electrons. The van der Waals surface area contributed by atoms with Crippen LogP contribution < -0.4 is 14.8 Å². The number of fused-ring (bicyclic) bond motifs is 1. The Morgan fingerprint density at radius 1 is 1.19 bits per heavy atom. The highest BCUT2D eigenvalue weighted by atomic mass is 16.5. The van der Waals surface area contributed by atoms with Crippen molar-refractivity contribution in [1.82, 2.24) is 14.9 Å². The second kappa shape index (κ2) is 8.24. The predicted molar refractivity (Wildman–Crippen MR) is 103 cm³/mol. The van der Waals surface area contributed by atoms with Crippen molar-refractivity contribution in [2.24, 2.45) is 0 Å². The van der Waals surface area contributed by atoms with Gasteiger partial charge < -0.3 is 19.7 Å². The number of carbonyl (C=O) groups excluding carboxylic acids is 1. The number of nitrogens with one attached hydrogen (secondary N) is 1. The van der Waals surface area contributed by atoms with Crippen LogP contribution in [0.25, 0.3) is 0 Å². The first-order valence-electron chi connectivity index (χ1n) is 9.17. The molecule has 3 rings (SSSR count). The minimum atomic E-state index is -0.113. The van der Waals surface area contributed by atoms with Gasteiger partial charge in [0.25, 0.3) is 5.91 Å². The van der Waals surface area contributed by atoms with Gasteiger partial charge >= 0.3 is 0 Å². The number of carbonyl (C=O) groups is 1. The van der Waals surface area contributed by atoms with Crippen molar-refractivity contribution < 1.29 is 14.3 Å². The highest BCUT2D eigenvalue weighted by molar-refractivity contribution is 5.92. The van der Waals surface area contributed by atoms with Gasteiger partial charge in [0.2, 0.25) is 0 Å². The molecule has 1 aliphatic heterocycles. The Morgan fingerprint density at radius 2 is 1.89 bits per heavy atom. The highest BCUT2D eigenvalue weighted by Gasteiger charge is 2.24. The first-order valence-corrected chi connectivity index (χ1v) is 9.17. The van der Waals surface area contributed by atoms with Crippen molar-refractivity contribution in [3.8, 4) is 11.5 Å². The van der Waals surface area contributed by atoms with Crippen LogP contribution in [0.4, 0.5) is 5.82 Å². The number of aromatic nitrogens is 2. The zero-order chi connectivity index (χ0) is 19.4. The Morgan fingerprint density at radius 3 is 2.48 bits per heavy atom. The third kappa shape index (κ3) is 4.13. The molecule has 0 spiro atoms. The molecule has 1 atom stereocenters. The zero-order valence-electron chi connectivity index (χ0n) is 16.3. The minimum Gasteiger partial charge on any atom is -0.493 e. The van der Waals surface area contributed by atoms with Gasteiger partial charge in [0.05, 0.1) is 26.6 Å². The number of benzene rings is 1. The lowest BCUT2D eigenvalue weighted by molar-refractivity contribution is 0.0728. The Balaban J connectivity index is 1.73. The lowest BCUT2D eigenvalue weighted by atomic mass is 9.98. The summed E-state index contributed by atoms with van der Waals surface area (Å²) < 4.78 is 10.7. The fourth-order valence-electron chi connectivity index (χ4n) is 3.09. The largest absolute Gasteiger partial charge is 0.493 e. The van der Waals surface area contributed by atoms with E-state index in [1.54, 1.807) is 25.3 Å². The number of hydrogen-bond donors (Lipinski definition) is 1. The quantitative estimate of drug-likeness (QED) is 0.843. The van der Waals surface area contributed by atoms with Crippen molar-refractivity contribution in [2.45, 2.75) is 39.3 Å². The van der Waals surface area contributed by atoms with Crippen LogP contribution in [0.1, 0.15) is 41.9 Å². The summed E-state index contributed by atoms with van der Waals surface area (Å²) in [4.78, 5) is 23.2. The molecule has 1 aromatic heterocycles. The normalized spacial score (nSPS) is 14.3. The first-order chi connectivity index (χ1) is 13.0. The Hall–Kier alpha value is -2.83. The van der Waals surface area contributed by atoms with Gasteiger partial charge in [-0.15, -0.1) is 0 Å². The second-order valence-corrected chi connectivity index (χ2v) is 6.69. The van der Waals surface area contributed by atoms with Crippen molar-refractivity contribution in [3.05, 3.63) is 41.3 Å². The number of rotatable bonds is 6. The smallest absolute Gasteiger partial charge is 0.274 e. The summed E-state index contributed by atoms with van der Waals surface area (Å²) in [5.41, 5.74) is 2.60. The van der Waals surface area contributed by atoms with Crippen molar-refractivity contribution in [1.29, 1.82) is 0 Å². The van der Waals surface area contributed by atoms with Gasteiger partial charge in [-0.25, -0.2) is 9.97 Å². The second-order valence-electron chi connectivity index (χ2n) is 6.69. The van der Waals surface area contributed by atoms with Crippen LogP contribution in [0.2, 0.25) is 0 Å². The van der Waals surface area contributed by atoms with Gasteiger partial charge in [0.15, 0.2) is 11.5 Å². The van der Waals surface area contributed by atoms with E-state index in [1.165, 1.54) is 11.8 Å². The molecule has 144 valence electrons. The van der Waals surface area contributed by atoms with E-state index in [0.717, 1.165) is 18.4 Å². The Labute approximate surface area is 159 Å². The van der Waals surface area contributed by atoms with Crippen molar-refractivity contribution in [2.75, 3.05) is 26.1 Å². The van der Waals surface area contributed by atoms with Gasteiger partial charge in [-0.2, -0.15) is 0 Å². The highest BCUT2D eigenvalue weighted by Crippen LogP contribution is 2.33. The Kier molecular flexibility index (Phi) is 5.78. The fraction of sp³-hybridized carbons (Fsp3) is 0.450. The SMILES string of the molecule is CCC(C)Nc1cnc(C(=O)N2CCc3cc(OC)c(OC)cc3C2)cn1. The average molecular weight is 370 g/mol. The molecule has 7 nitrogen and oxygen atoms in total. The predicted octanol–water partition coefficient (Wildman–Crippen LogP) is 2.90. The fourth-order valence-corrected chi connectivity index (χ4v) is 3.09. The van der Waals surface area contributed by atoms with Crippen LogP contribution in [0, 0.1) is 0 Å². The van der Waals surface area contributed by atoms with E-state index in [0.29, 0.717) is 42.1 Å². The molecule has 1 N–H and O–H groups in total. The molecule has 1 amide bonds. The summed E-state index contributed by atoms with van der Waals surface area (Å²) in [6, 6.07) is 4.25. The Bertz CT molecular complexity index is 808. The maximum absolute atomic E-state index is 12.8. The van der Waals surface area contributed by atoms with E-state index in [2.05, 4.69) is 29.1 Å². The van der Waals surface area contributed by atoms with Crippen LogP contribution >= 0.6 is 0 Å². The molecular weight excluding hydrogens is 344 g/mol. The van der Waals surface area contributed by atoms with Gasteiger partial charge in [-0.3, -0.25) is 4.79 Å². The first kappa shape index (κ1) is 18.9. The van der Waals surface area contributed by atoms with E-state index >= 15 is 0 Å². The minimum absolute atomic E-state index is 0.113. The maximum atomic E-state index is 12.8. The molecule has 0 bridgehead atoms. The molecule has 2 heterocycles. The van der Waals surface area contributed by atoms with E-state index < -0.39 is 0 Å². The maximum Gasteiger partial charge on any atom is 0.274 e. The zero-order valence-corrected chi connectivity index (χ0v) is 16.3. The number of amides is 1. The molecule has 27 heavy (non-hydrogen) atoms. The summed E-state index contributed by atoms with van der Waals surface area (Å²) >= 11 is 0. The van der Waals surface area contributed by atoms with Crippen LogP contribution in [-0.4, -0.2) is 47.6 Å². The van der Waals surface area contributed by atoms with Crippen LogP contribution in [0.3, 0.4) is 0 Å². The van der Waals surface area contributed by atoms with Gasteiger partial charge in [0.1, 0.15) is 11.5 Å². The molecule has 0 saturated carbocycles. The third-order valence-electron chi connectivity index (χ3n) is 4.88. The van der Waals surface area contributed by atoms with E-state index in [1.807, 2.05) is 12.1 Å². The molecule has 0 saturated heterocycles. The molecule has 0 fully saturated rings. The van der Waals surface area contributed by atoms with Crippen LogP contribution in [-0.2, 0) is 13.0 Å². The third-order valence-corrected chi connectivity index (χ3v) is 4.88. The van der Waals surface area contributed by atoms with E-state index in [4.69, 9.17) is 9.47 Å². The molecule has 0 aliphatic carbocycles. The lowest BCUT2D eigenvalue weighted by Crippen LogP contribution is -2.36. The number of methoxy groups -OCH3 is 2. The molecule has 1 aromatic carbocycles. The number of hydrogen-bond acceptors (Lipinski definition) is 6. The van der Waals surface area contributed by atoms with Gasteiger partial charge in [-0.05, 0) is 43.0 Å². The summed E-state index contributed by atoms with van der Waals surface area (Å²) in [5.74, 6) is 1.96. The van der Waals surface area contributed by atoms with Crippen LogP contribution in [0.15, 0.2) is 24.5 Å². The lowest BCUT2D eigenvalue weighted by Gasteiger charge is -2.29. The average Bonchev–Trinajstić information content (AvgIpc) is 2.72. The van der Waals surface area contributed by atoms with E-state index in [-0.39, 0.29) is 5.91 Å². The topological polar surface area (TPSA) is 76.6 Å². The number of ether oxygens (including phenoxy) is 2. The number of nitrogens with zero attached hydrogens (tertiary/aromatic N) is 3. The molecule has 1 unspecified atom stereocenters. The van der Waals surface area contributed by atoms with Crippen LogP contribution in [0.5, 0.6) is 11.5 Å². The molecule has 2 aromatic rings. The van der Waals surface area contributed by atoms with Crippen molar-refractivity contribution >= 4 is 11.7 Å². The van der Waals surface area contributed by atoms with Crippen molar-refractivity contribution in [3.63, 3.8) is 0 Å². The summed E-state index contributed by atoms with van der Waals surface area (Å²) in [6.07, 6.45) is 4.91. The summed E-state index contributed by atoms with van der Waals surface area (Å²) in [6.45, 7) is 5.33. The standard InChI is InChI=1S/C20H26N4O3/c1-5-13(2)23-19-11-21-16(10-22-19)20(25)24-7-6-14-8-17(26-3)18(27-4)9-15(14)12-24/h8-11,13H,5-7,12H2,1-4H3,(H,22,23). The molecular formula is C20H26N4O3. The summed E-state index contributed by atoms with van der Waals surface area (Å²) in [5, 5.41) is 3.25. The van der Waals surface area contributed by atoms with E-state index in [9.17, 15) is 4.79 Å². The molecule has 7 heteroatoms.